The van der Waals surface area contributed by atoms with Crippen LogP contribution in [0.5, 0.6) is 0 Å². The second-order valence-electron chi connectivity index (χ2n) is 9.67. The molecule has 4 aromatic rings. The van der Waals surface area contributed by atoms with E-state index < -0.39 is 0 Å². The molecule has 0 aliphatic carbocycles. The highest BCUT2D eigenvalue weighted by Crippen LogP contribution is 2.34. The van der Waals surface area contributed by atoms with E-state index in [1.165, 1.54) is 5.56 Å². The summed E-state index contributed by atoms with van der Waals surface area (Å²) in [6.45, 7) is 8.56. The molecule has 3 aromatic heterocycles. The summed E-state index contributed by atoms with van der Waals surface area (Å²) in [7, 11) is 1.76. The van der Waals surface area contributed by atoms with Crippen LogP contribution in [0.3, 0.4) is 0 Å². The number of piperazine rings is 1. The molecule has 186 valence electrons. The zero-order valence-corrected chi connectivity index (χ0v) is 21.3. The number of pyridine rings is 1. The van der Waals surface area contributed by atoms with Crippen LogP contribution in [0.4, 0.5) is 5.69 Å². The van der Waals surface area contributed by atoms with Crippen molar-refractivity contribution in [2.75, 3.05) is 18.0 Å². The van der Waals surface area contributed by atoms with Gasteiger partial charge in [0.2, 0.25) is 0 Å². The van der Waals surface area contributed by atoms with Gasteiger partial charge in [0.05, 0.1) is 35.9 Å². The predicted octanol–water partition coefficient (Wildman–Crippen LogP) is 3.64. The van der Waals surface area contributed by atoms with Gasteiger partial charge in [-0.2, -0.15) is 20.6 Å². The van der Waals surface area contributed by atoms with E-state index in [4.69, 9.17) is 10.4 Å². The summed E-state index contributed by atoms with van der Waals surface area (Å²) in [4.78, 5) is 17.9. The molecule has 9 nitrogen and oxygen atoms in total. The number of benzene rings is 1. The maximum Gasteiger partial charge on any atom is 0.252 e. The number of hydrogen-bond acceptors (Lipinski definition) is 7. The molecule has 0 amide bonds. The van der Waals surface area contributed by atoms with Gasteiger partial charge in [-0.3, -0.25) is 14.4 Å². The zero-order chi connectivity index (χ0) is 25.4. The van der Waals surface area contributed by atoms with E-state index in [0.29, 0.717) is 6.04 Å². The smallest absolute Gasteiger partial charge is 0.252 e. The first-order valence-corrected chi connectivity index (χ1v) is 12.6. The van der Waals surface area contributed by atoms with Crippen LogP contribution >= 0.6 is 0 Å². The van der Waals surface area contributed by atoms with Gasteiger partial charge in [0.1, 0.15) is 12.1 Å². The molecule has 36 heavy (non-hydrogen) atoms. The highest BCUT2D eigenvalue weighted by atomic mass is 16.1. The predicted molar refractivity (Wildman–Crippen MR) is 141 cm³/mol. The third-order valence-electron chi connectivity index (χ3n) is 7.71. The molecule has 1 aromatic carbocycles. The van der Waals surface area contributed by atoms with E-state index in [1.54, 1.807) is 34.8 Å². The summed E-state index contributed by atoms with van der Waals surface area (Å²) in [6.07, 6.45) is 7.36. The zero-order valence-electron chi connectivity index (χ0n) is 21.3. The second-order valence-corrected chi connectivity index (χ2v) is 9.67. The topological polar surface area (TPSA) is 95.9 Å². The number of rotatable bonds is 6. The maximum atomic E-state index is 12.9. The summed E-state index contributed by atoms with van der Waals surface area (Å²) < 4.78 is 3.23. The van der Waals surface area contributed by atoms with E-state index in [-0.39, 0.29) is 24.2 Å². The minimum atomic E-state index is -0.0630. The van der Waals surface area contributed by atoms with Gasteiger partial charge in [-0.15, -0.1) is 0 Å². The van der Waals surface area contributed by atoms with Crippen LogP contribution in [0.2, 0.25) is 0 Å². The maximum absolute atomic E-state index is 12.9. The molecule has 0 N–H and O–H groups in total. The van der Waals surface area contributed by atoms with Gasteiger partial charge in [0.15, 0.2) is 0 Å². The highest BCUT2D eigenvalue weighted by molar-refractivity contribution is 5.88. The van der Waals surface area contributed by atoms with E-state index in [1.807, 2.05) is 6.20 Å². The number of hydrogen-bond donors (Lipinski definition) is 0. The Kier molecular flexibility index (Phi) is 6.46. The minimum absolute atomic E-state index is 0.0630. The Balaban J connectivity index is 1.51. The van der Waals surface area contributed by atoms with Crippen molar-refractivity contribution in [3.8, 4) is 6.07 Å². The van der Waals surface area contributed by atoms with Crippen molar-refractivity contribution < 1.29 is 0 Å². The van der Waals surface area contributed by atoms with Crippen LogP contribution < -0.4 is 10.5 Å². The lowest BCUT2D eigenvalue weighted by atomic mass is 9.96. The Morgan fingerprint density at radius 2 is 1.83 bits per heavy atom. The molecule has 3 atom stereocenters. The lowest BCUT2D eigenvalue weighted by Gasteiger charge is -2.49. The fraction of sp³-hybridized carbons (Fsp3) is 0.444. The van der Waals surface area contributed by atoms with E-state index in [2.05, 4.69) is 65.0 Å². The number of fused-ring (bicyclic) bond motifs is 2. The molecule has 0 bridgehead atoms. The molecule has 5 rings (SSSR count). The van der Waals surface area contributed by atoms with Crippen LogP contribution in [-0.4, -0.2) is 54.6 Å². The Labute approximate surface area is 210 Å². The molecule has 1 saturated heterocycles. The molecule has 0 saturated carbocycles. The SMILES string of the molecule is CC[C@H]1CN(C(C)c2ccc3cnncc3c2)[C@H](CC)CN1c1cc(=O)n(C)c2cn(CC#N)nc12. The van der Waals surface area contributed by atoms with E-state index >= 15 is 0 Å². The van der Waals surface area contributed by atoms with Crippen LogP contribution in [0.15, 0.2) is 47.7 Å². The average molecular weight is 485 g/mol. The quantitative estimate of drug-likeness (QED) is 0.412. The van der Waals surface area contributed by atoms with Gasteiger partial charge in [-0.05, 0) is 31.4 Å². The molecule has 0 spiro atoms. The lowest BCUT2D eigenvalue weighted by molar-refractivity contribution is 0.101. The summed E-state index contributed by atoms with van der Waals surface area (Å²) in [5, 5.41) is 24.1. The number of anilines is 1. The molecule has 1 aliphatic heterocycles. The Hall–Kier alpha value is -3.77. The minimum Gasteiger partial charge on any atom is -0.364 e. The largest absolute Gasteiger partial charge is 0.364 e. The summed E-state index contributed by atoms with van der Waals surface area (Å²) in [5.41, 5.74) is 3.60. The third kappa shape index (κ3) is 4.11. The molecule has 1 unspecified atom stereocenters. The first-order chi connectivity index (χ1) is 17.4. The first-order valence-electron chi connectivity index (χ1n) is 12.6. The third-order valence-corrected chi connectivity index (χ3v) is 7.71. The normalized spacial score (nSPS) is 19.6. The molecular formula is C27H32N8O. The van der Waals surface area contributed by atoms with Gasteiger partial charge >= 0.3 is 0 Å². The molecule has 1 fully saturated rings. The molecule has 1 aliphatic rings. The lowest BCUT2D eigenvalue weighted by Crippen LogP contribution is -2.58. The van der Waals surface area contributed by atoms with Crippen LogP contribution in [0.25, 0.3) is 21.8 Å². The van der Waals surface area contributed by atoms with Gasteiger partial charge < -0.3 is 9.47 Å². The monoisotopic (exact) mass is 484 g/mol. The van der Waals surface area contributed by atoms with Crippen molar-refractivity contribution in [2.24, 2.45) is 7.05 Å². The van der Waals surface area contributed by atoms with E-state index in [9.17, 15) is 4.79 Å². The number of nitrogens with zero attached hydrogens (tertiary/aromatic N) is 8. The molecule has 0 radical (unpaired) electrons. The standard InChI is InChI=1S/C27H32N8O/c1-5-22-16-35(24-12-26(36)32(4)25-17-33(10-9-28)31-27(24)25)23(6-2)15-34(22)18(3)19-7-8-20-13-29-30-14-21(20)11-19/h7-8,11-14,17-18,22-23H,5-6,10,15-16H2,1-4H3/t18?,22-,23+/m1/s1. The van der Waals surface area contributed by atoms with Crippen LogP contribution in [-0.2, 0) is 13.6 Å². The number of aromatic nitrogens is 5. The Morgan fingerprint density at radius 1 is 1.08 bits per heavy atom. The van der Waals surface area contributed by atoms with E-state index in [0.717, 1.165) is 53.4 Å². The van der Waals surface area contributed by atoms with Crippen molar-refractivity contribution in [3.05, 3.63) is 58.8 Å². The Bertz CT molecular complexity index is 1500. The van der Waals surface area contributed by atoms with Crippen LogP contribution in [0, 0.1) is 11.3 Å². The molecule has 4 heterocycles. The average Bonchev–Trinajstić information content (AvgIpc) is 3.33. The van der Waals surface area contributed by atoms with Gasteiger partial charge in [-0.25, -0.2) is 0 Å². The van der Waals surface area contributed by atoms with Crippen LogP contribution in [0.1, 0.15) is 45.2 Å². The van der Waals surface area contributed by atoms with Crippen molar-refractivity contribution in [2.45, 2.75) is 58.3 Å². The fourth-order valence-corrected chi connectivity index (χ4v) is 5.53. The van der Waals surface area contributed by atoms with Crippen molar-refractivity contribution in [3.63, 3.8) is 0 Å². The van der Waals surface area contributed by atoms with Crippen molar-refractivity contribution in [1.82, 2.24) is 29.4 Å². The second kappa shape index (κ2) is 9.70. The fourth-order valence-electron chi connectivity index (χ4n) is 5.53. The first kappa shape index (κ1) is 23.9. The summed E-state index contributed by atoms with van der Waals surface area (Å²) in [5.74, 6) is 0. The molecular weight excluding hydrogens is 452 g/mol. The number of aryl methyl sites for hydroxylation is 1. The summed E-state index contributed by atoms with van der Waals surface area (Å²) >= 11 is 0. The highest BCUT2D eigenvalue weighted by Gasteiger charge is 2.36. The number of nitriles is 1. The van der Waals surface area contributed by atoms with Gasteiger partial charge in [-0.1, -0.05) is 26.0 Å². The van der Waals surface area contributed by atoms with Gasteiger partial charge in [0, 0.05) is 55.1 Å². The Morgan fingerprint density at radius 3 is 2.56 bits per heavy atom. The summed E-state index contributed by atoms with van der Waals surface area (Å²) in [6, 6.07) is 11.2. The molecule has 9 heteroatoms. The van der Waals surface area contributed by atoms with Crippen molar-refractivity contribution in [1.29, 1.82) is 5.26 Å². The van der Waals surface area contributed by atoms with Gasteiger partial charge in [0.25, 0.3) is 5.56 Å². The van der Waals surface area contributed by atoms with Crippen molar-refractivity contribution >= 4 is 27.5 Å².